The van der Waals surface area contributed by atoms with Gasteiger partial charge in [0, 0.05) is 47.6 Å². The van der Waals surface area contributed by atoms with Crippen molar-refractivity contribution in [2.75, 3.05) is 13.7 Å². The van der Waals surface area contributed by atoms with Crippen molar-refractivity contribution in [1.29, 1.82) is 0 Å². The van der Waals surface area contributed by atoms with E-state index >= 15 is 0 Å². The molecular weight excluding hydrogens is 441 g/mol. The molecule has 154 valence electrons. The third-order valence-electron chi connectivity index (χ3n) is 4.77. The molecule has 0 saturated carbocycles. The summed E-state index contributed by atoms with van der Waals surface area (Å²) < 4.78 is 6.87. The summed E-state index contributed by atoms with van der Waals surface area (Å²) in [5.41, 5.74) is 2.41. The van der Waals surface area contributed by atoms with Gasteiger partial charge in [0.15, 0.2) is 5.16 Å². The molecule has 0 unspecified atom stereocenters. The minimum Gasteiger partial charge on any atom is -0.385 e. The Kier molecular flexibility index (Phi) is 6.58. The van der Waals surface area contributed by atoms with E-state index in [-0.39, 0.29) is 5.56 Å². The van der Waals surface area contributed by atoms with Crippen LogP contribution in [0.1, 0.15) is 12.0 Å². The molecule has 2 aromatic heterocycles. The van der Waals surface area contributed by atoms with Crippen LogP contribution in [0.15, 0.2) is 58.6 Å². The molecule has 0 aliphatic rings. The van der Waals surface area contributed by atoms with E-state index in [1.165, 1.54) is 11.8 Å². The maximum Gasteiger partial charge on any atom is 0.262 e. The van der Waals surface area contributed by atoms with Crippen molar-refractivity contribution >= 4 is 56.8 Å². The lowest BCUT2D eigenvalue weighted by atomic mass is 10.1. The van der Waals surface area contributed by atoms with E-state index in [1.807, 2.05) is 24.3 Å². The van der Waals surface area contributed by atoms with E-state index in [0.717, 1.165) is 22.9 Å². The Bertz CT molecular complexity index is 1280. The van der Waals surface area contributed by atoms with Crippen LogP contribution in [0.5, 0.6) is 0 Å². The first-order chi connectivity index (χ1) is 14.6. The standard InChI is InChI=1S/C22H19Cl2N3O2S/c1-29-11-3-10-27-21(28)17-7-6-15(23)12-19(17)26-22(27)30-13-14-5-8-18(24)16-4-2-9-25-20(14)16/h2,4-9,12H,3,10-11,13H2,1H3. The van der Waals surface area contributed by atoms with Gasteiger partial charge < -0.3 is 4.74 Å². The molecule has 0 saturated heterocycles. The maximum absolute atomic E-state index is 13.1. The average Bonchev–Trinajstić information content (AvgIpc) is 2.75. The van der Waals surface area contributed by atoms with Crippen molar-refractivity contribution in [3.8, 4) is 0 Å². The molecule has 0 radical (unpaired) electrons. The van der Waals surface area contributed by atoms with Gasteiger partial charge in [0.2, 0.25) is 0 Å². The highest BCUT2D eigenvalue weighted by atomic mass is 35.5. The van der Waals surface area contributed by atoms with Gasteiger partial charge in [-0.3, -0.25) is 14.3 Å². The van der Waals surface area contributed by atoms with Gasteiger partial charge in [-0.2, -0.15) is 0 Å². The van der Waals surface area contributed by atoms with Gasteiger partial charge in [0.1, 0.15) is 0 Å². The Hall–Kier alpha value is -2.12. The number of thioether (sulfide) groups is 1. The molecule has 5 nitrogen and oxygen atoms in total. The minimum atomic E-state index is -0.0747. The van der Waals surface area contributed by atoms with Crippen LogP contribution < -0.4 is 5.56 Å². The second-order valence-electron chi connectivity index (χ2n) is 6.75. The molecule has 0 aliphatic carbocycles. The van der Waals surface area contributed by atoms with E-state index in [0.29, 0.717) is 45.0 Å². The SMILES string of the molecule is COCCCn1c(SCc2ccc(Cl)c3cccnc23)nc2cc(Cl)ccc2c1=O. The molecule has 2 aromatic carbocycles. The molecule has 8 heteroatoms. The second kappa shape index (κ2) is 9.35. The lowest BCUT2D eigenvalue weighted by Crippen LogP contribution is -2.24. The van der Waals surface area contributed by atoms with E-state index < -0.39 is 0 Å². The summed E-state index contributed by atoms with van der Waals surface area (Å²) in [6, 6.07) is 12.8. The average molecular weight is 460 g/mol. The number of hydrogen-bond acceptors (Lipinski definition) is 5. The second-order valence-corrected chi connectivity index (χ2v) is 8.54. The Labute approximate surface area is 188 Å². The molecule has 0 bridgehead atoms. The minimum absolute atomic E-state index is 0.0747. The number of pyridine rings is 1. The zero-order valence-corrected chi connectivity index (χ0v) is 18.6. The van der Waals surface area contributed by atoms with Crippen LogP contribution in [0.3, 0.4) is 0 Å². The van der Waals surface area contributed by atoms with Crippen molar-refractivity contribution in [2.24, 2.45) is 0 Å². The fraction of sp³-hybridized carbons (Fsp3) is 0.227. The number of hydrogen-bond donors (Lipinski definition) is 0. The van der Waals surface area contributed by atoms with Crippen molar-refractivity contribution < 1.29 is 4.74 Å². The first-order valence-electron chi connectivity index (χ1n) is 9.42. The molecule has 0 amide bonds. The summed E-state index contributed by atoms with van der Waals surface area (Å²) in [4.78, 5) is 22.4. The molecule has 0 fully saturated rings. The lowest BCUT2D eigenvalue weighted by Gasteiger charge is -2.14. The molecule has 2 heterocycles. The number of ether oxygens (including phenoxy) is 1. The van der Waals surface area contributed by atoms with Gasteiger partial charge in [-0.25, -0.2) is 4.98 Å². The van der Waals surface area contributed by atoms with Crippen LogP contribution in [0, 0.1) is 0 Å². The number of rotatable bonds is 7. The van der Waals surface area contributed by atoms with E-state index in [2.05, 4.69) is 4.98 Å². The molecule has 0 spiro atoms. The summed E-state index contributed by atoms with van der Waals surface area (Å²) >= 11 is 13.9. The molecule has 0 atom stereocenters. The summed E-state index contributed by atoms with van der Waals surface area (Å²) in [5.74, 6) is 0.605. The van der Waals surface area contributed by atoms with Crippen molar-refractivity contribution in [3.05, 3.63) is 74.6 Å². The van der Waals surface area contributed by atoms with Crippen LogP contribution >= 0.6 is 35.0 Å². The molecule has 4 rings (SSSR count). The lowest BCUT2D eigenvalue weighted by molar-refractivity contribution is 0.189. The summed E-state index contributed by atoms with van der Waals surface area (Å²) in [5, 5.41) is 3.33. The third-order valence-corrected chi connectivity index (χ3v) is 6.36. The van der Waals surface area contributed by atoms with Crippen molar-refractivity contribution in [2.45, 2.75) is 23.9 Å². The Morgan fingerprint density at radius 1 is 1.13 bits per heavy atom. The number of fused-ring (bicyclic) bond motifs is 2. The van der Waals surface area contributed by atoms with Gasteiger partial charge >= 0.3 is 0 Å². The van der Waals surface area contributed by atoms with Gasteiger partial charge in [-0.05, 0) is 48.4 Å². The fourth-order valence-corrected chi connectivity index (χ4v) is 4.70. The quantitative estimate of drug-likeness (QED) is 0.205. The van der Waals surface area contributed by atoms with E-state index in [9.17, 15) is 4.79 Å². The molecule has 0 aliphatic heterocycles. The Balaban J connectivity index is 1.73. The number of aromatic nitrogens is 3. The number of methoxy groups -OCH3 is 1. The fourth-order valence-electron chi connectivity index (χ4n) is 3.30. The highest BCUT2D eigenvalue weighted by molar-refractivity contribution is 7.98. The number of benzene rings is 2. The highest BCUT2D eigenvalue weighted by Crippen LogP contribution is 2.30. The van der Waals surface area contributed by atoms with Crippen molar-refractivity contribution in [1.82, 2.24) is 14.5 Å². The predicted octanol–water partition coefficient (Wildman–Crippen LogP) is 5.58. The summed E-state index contributed by atoms with van der Waals surface area (Å²) in [7, 11) is 1.65. The van der Waals surface area contributed by atoms with Gasteiger partial charge in [-0.15, -0.1) is 0 Å². The van der Waals surface area contributed by atoms with E-state index in [4.69, 9.17) is 32.9 Å². The van der Waals surface area contributed by atoms with Crippen molar-refractivity contribution in [3.63, 3.8) is 0 Å². The summed E-state index contributed by atoms with van der Waals surface area (Å²) in [6.07, 6.45) is 2.47. The number of halogens is 2. The maximum atomic E-state index is 13.1. The van der Waals surface area contributed by atoms with Gasteiger partial charge in [0.05, 0.1) is 16.4 Å². The first kappa shape index (κ1) is 21.1. The topological polar surface area (TPSA) is 57.0 Å². The van der Waals surface area contributed by atoms with Crippen LogP contribution in [0.25, 0.3) is 21.8 Å². The van der Waals surface area contributed by atoms with Gasteiger partial charge in [0.25, 0.3) is 5.56 Å². The highest BCUT2D eigenvalue weighted by Gasteiger charge is 2.14. The Morgan fingerprint density at radius 2 is 2.00 bits per heavy atom. The summed E-state index contributed by atoms with van der Waals surface area (Å²) in [6.45, 7) is 1.10. The molecule has 30 heavy (non-hydrogen) atoms. The zero-order valence-electron chi connectivity index (χ0n) is 16.3. The molecule has 4 aromatic rings. The molecular formula is C22H19Cl2N3O2S. The van der Waals surface area contributed by atoms with Crippen LogP contribution in [-0.4, -0.2) is 28.3 Å². The number of nitrogens with zero attached hydrogens (tertiary/aromatic N) is 3. The first-order valence-corrected chi connectivity index (χ1v) is 11.2. The zero-order chi connectivity index (χ0) is 21.1. The Morgan fingerprint density at radius 3 is 2.83 bits per heavy atom. The van der Waals surface area contributed by atoms with Crippen LogP contribution in [0.2, 0.25) is 10.0 Å². The predicted molar refractivity (Wildman–Crippen MR) is 124 cm³/mol. The molecule has 0 N–H and O–H groups in total. The largest absolute Gasteiger partial charge is 0.385 e. The van der Waals surface area contributed by atoms with Gasteiger partial charge in [-0.1, -0.05) is 41.0 Å². The monoisotopic (exact) mass is 459 g/mol. The normalized spacial score (nSPS) is 11.4. The smallest absolute Gasteiger partial charge is 0.262 e. The third kappa shape index (κ3) is 4.32. The van der Waals surface area contributed by atoms with Crippen LogP contribution in [-0.2, 0) is 17.0 Å². The van der Waals surface area contributed by atoms with E-state index in [1.54, 1.807) is 36.1 Å². The van der Waals surface area contributed by atoms with Crippen LogP contribution in [0.4, 0.5) is 0 Å².